The highest BCUT2D eigenvalue weighted by atomic mass is 16.5. The fourth-order valence-corrected chi connectivity index (χ4v) is 2.44. The van der Waals surface area contributed by atoms with Gasteiger partial charge >= 0.3 is 0 Å². The molecule has 1 aliphatic rings. The van der Waals surface area contributed by atoms with E-state index in [1.807, 2.05) is 54.6 Å². The molecule has 0 unspecified atom stereocenters. The molecule has 0 aromatic heterocycles. The molecule has 0 bridgehead atoms. The lowest BCUT2D eigenvalue weighted by Crippen LogP contribution is -2.20. The van der Waals surface area contributed by atoms with Crippen molar-refractivity contribution in [1.29, 1.82) is 0 Å². The molecule has 2 aromatic rings. The molecule has 0 fully saturated rings. The molecule has 3 nitrogen and oxygen atoms in total. The summed E-state index contributed by atoms with van der Waals surface area (Å²) in [5.41, 5.74) is 3.60. The molecule has 2 aromatic carbocycles. The summed E-state index contributed by atoms with van der Waals surface area (Å²) in [5.74, 6) is 0.806. The van der Waals surface area contributed by atoms with Crippen LogP contribution >= 0.6 is 0 Å². The van der Waals surface area contributed by atoms with E-state index in [2.05, 4.69) is 0 Å². The number of hydrogen-bond acceptors (Lipinski definition) is 2. The van der Waals surface area contributed by atoms with E-state index in [1.165, 1.54) is 0 Å². The van der Waals surface area contributed by atoms with Gasteiger partial charge in [0.2, 0.25) is 0 Å². The zero-order valence-electron chi connectivity index (χ0n) is 11.5. The molecule has 0 aliphatic carbocycles. The Balaban J connectivity index is 2.09. The first-order valence-electron chi connectivity index (χ1n) is 6.44. The van der Waals surface area contributed by atoms with Crippen molar-refractivity contribution in [2.45, 2.75) is 0 Å². The Morgan fingerprint density at radius 2 is 1.90 bits per heavy atom. The monoisotopic (exact) mass is 265 g/mol. The summed E-state index contributed by atoms with van der Waals surface area (Å²) in [6, 6.07) is 15.5. The maximum Gasteiger partial charge on any atom is 0.258 e. The van der Waals surface area contributed by atoms with Gasteiger partial charge in [0, 0.05) is 18.2 Å². The summed E-state index contributed by atoms with van der Waals surface area (Å²) in [4.78, 5) is 14.0. The lowest BCUT2D eigenvalue weighted by atomic mass is 10.0. The van der Waals surface area contributed by atoms with Crippen LogP contribution in [0.4, 0.5) is 5.69 Å². The Morgan fingerprint density at radius 1 is 1.10 bits per heavy atom. The summed E-state index contributed by atoms with van der Waals surface area (Å²) in [6.45, 7) is 0. The summed E-state index contributed by atoms with van der Waals surface area (Å²) >= 11 is 0. The predicted octanol–water partition coefficient (Wildman–Crippen LogP) is 3.21. The van der Waals surface area contributed by atoms with Crippen LogP contribution in [0.5, 0.6) is 5.75 Å². The number of methoxy groups -OCH3 is 1. The van der Waals surface area contributed by atoms with E-state index < -0.39 is 0 Å². The first-order valence-corrected chi connectivity index (χ1v) is 6.44. The Morgan fingerprint density at radius 3 is 2.70 bits per heavy atom. The smallest absolute Gasteiger partial charge is 0.258 e. The number of anilines is 1. The van der Waals surface area contributed by atoms with Crippen LogP contribution in [0.25, 0.3) is 11.6 Å². The molecule has 1 heterocycles. The van der Waals surface area contributed by atoms with Gasteiger partial charge in [0.05, 0.1) is 12.8 Å². The second-order valence-electron chi connectivity index (χ2n) is 4.72. The van der Waals surface area contributed by atoms with Crippen molar-refractivity contribution in [3.8, 4) is 5.75 Å². The number of nitrogens with zero attached hydrogens (tertiary/aromatic N) is 1. The third-order valence-electron chi connectivity index (χ3n) is 3.50. The molecule has 1 aliphatic heterocycles. The third-order valence-corrected chi connectivity index (χ3v) is 3.50. The van der Waals surface area contributed by atoms with Crippen molar-refractivity contribution < 1.29 is 9.53 Å². The Labute approximate surface area is 118 Å². The molecule has 100 valence electrons. The van der Waals surface area contributed by atoms with Gasteiger partial charge < -0.3 is 9.64 Å². The average molecular weight is 265 g/mol. The SMILES string of the molecule is COc1cccc(/C=C2/C(=O)N(C)c3ccccc32)c1. The van der Waals surface area contributed by atoms with E-state index in [0.29, 0.717) is 0 Å². The number of rotatable bonds is 2. The van der Waals surface area contributed by atoms with Crippen molar-refractivity contribution >= 4 is 23.2 Å². The van der Waals surface area contributed by atoms with Gasteiger partial charge in [-0.3, -0.25) is 4.79 Å². The second kappa shape index (κ2) is 4.85. The number of fused-ring (bicyclic) bond motifs is 1. The van der Waals surface area contributed by atoms with Crippen molar-refractivity contribution in [3.05, 3.63) is 59.7 Å². The average Bonchev–Trinajstić information content (AvgIpc) is 2.73. The van der Waals surface area contributed by atoms with Crippen LogP contribution in [-0.4, -0.2) is 20.1 Å². The number of hydrogen-bond donors (Lipinski definition) is 0. The highest BCUT2D eigenvalue weighted by Gasteiger charge is 2.28. The quantitative estimate of drug-likeness (QED) is 0.780. The van der Waals surface area contributed by atoms with E-state index in [-0.39, 0.29) is 5.91 Å². The highest BCUT2D eigenvalue weighted by Crippen LogP contribution is 2.36. The van der Waals surface area contributed by atoms with Crippen molar-refractivity contribution in [2.75, 3.05) is 19.1 Å². The van der Waals surface area contributed by atoms with Crippen LogP contribution in [0.3, 0.4) is 0 Å². The van der Waals surface area contributed by atoms with Crippen molar-refractivity contribution in [2.24, 2.45) is 0 Å². The van der Waals surface area contributed by atoms with Crippen LogP contribution < -0.4 is 9.64 Å². The maximum atomic E-state index is 12.3. The summed E-state index contributed by atoms with van der Waals surface area (Å²) < 4.78 is 5.21. The first-order chi connectivity index (χ1) is 9.70. The van der Waals surface area contributed by atoms with Crippen LogP contribution in [0.15, 0.2) is 48.5 Å². The molecule has 20 heavy (non-hydrogen) atoms. The molecule has 0 saturated heterocycles. The minimum absolute atomic E-state index is 0.0222. The molecule has 0 spiro atoms. The minimum atomic E-state index is 0.0222. The Bertz CT molecular complexity index is 704. The largest absolute Gasteiger partial charge is 0.497 e. The van der Waals surface area contributed by atoms with Crippen molar-refractivity contribution in [3.63, 3.8) is 0 Å². The van der Waals surface area contributed by atoms with Crippen LogP contribution in [0.1, 0.15) is 11.1 Å². The van der Waals surface area contributed by atoms with Crippen molar-refractivity contribution in [1.82, 2.24) is 0 Å². The van der Waals surface area contributed by atoms with E-state index in [9.17, 15) is 4.79 Å². The number of ether oxygens (including phenoxy) is 1. The predicted molar refractivity (Wildman–Crippen MR) is 80.7 cm³/mol. The van der Waals surface area contributed by atoms with Gasteiger partial charge in [-0.2, -0.15) is 0 Å². The third kappa shape index (κ3) is 1.97. The second-order valence-corrected chi connectivity index (χ2v) is 4.72. The van der Waals surface area contributed by atoms with Crippen LogP contribution in [-0.2, 0) is 4.79 Å². The minimum Gasteiger partial charge on any atom is -0.497 e. The number of amides is 1. The molecule has 3 rings (SSSR count). The van der Waals surface area contributed by atoms with E-state index >= 15 is 0 Å². The number of carbonyl (C=O) groups excluding carboxylic acids is 1. The fourth-order valence-electron chi connectivity index (χ4n) is 2.44. The Kier molecular flexibility index (Phi) is 3.03. The topological polar surface area (TPSA) is 29.5 Å². The highest BCUT2D eigenvalue weighted by molar-refractivity contribution is 6.35. The first kappa shape index (κ1) is 12.5. The zero-order chi connectivity index (χ0) is 14.1. The van der Waals surface area contributed by atoms with Gasteiger partial charge in [-0.1, -0.05) is 30.3 Å². The van der Waals surface area contributed by atoms with Gasteiger partial charge in [0.1, 0.15) is 5.75 Å². The van der Waals surface area contributed by atoms with Gasteiger partial charge in [-0.05, 0) is 29.8 Å². The van der Waals surface area contributed by atoms with Gasteiger partial charge in [-0.15, -0.1) is 0 Å². The number of carbonyl (C=O) groups is 1. The number of para-hydroxylation sites is 1. The lowest BCUT2D eigenvalue weighted by molar-refractivity contribution is -0.112. The molecular weight excluding hydrogens is 250 g/mol. The molecule has 0 radical (unpaired) electrons. The lowest BCUT2D eigenvalue weighted by Gasteiger charge is -2.08. The molecule has 1 amide bonds. The summed E-state index contributed by atoms with van der Waals surface area (Å²) in [5, 5.41) is 0. The number of likely N-dealkylation sites (N-methyl/N-ethyl adjacent to an activating group) is 1. The summed E-state index contributed by atoms with van der Waals surface area (Å²) in [6.07, 6.45) is 1.91. The molecular formula is C17H15NO2. The number of benzene rings is 2. The van der Waals surface area contributed by atoms with Crippen LogP contribution in [0, 0.1) is 0 Å². The zero-order valence-corrected chi connectivity index (χ0v) is 11.5. The molecule has 0 atom stereocenters. The van der Waals surface area contributed by atoms with Gasteiger partial charge in [-0.25, -0.2) is 0 Å². The van der Waals surface area contributed by atoms with E-state index in [0.717, 1.165) is 28.1 Å². The fraction of sp³-hybridized carbons (Fsp3) is 0.118. The van der Waals surface area contributed by atoms with E-state index in [4.69, 9.17) is 4.74 Å². The maximum absolute atomic E-state index is 12.3. The molecule has 0 N–H and O–H groups in total. The van der Waals surface area contributed by atoms with Gasteiger partial charge in [0.15, 0.2) is 0 Å². The Hall–Kier alpha value is -2.55. The molecule has 0 saturated carbocycles. The van der Waals surface area contributed by atoms with Gasteiger partial charge in [0.25, 0.3) is 5.91 Å². The summed E-state index contributed by atoms with van der Waals surface area (Å²) in [7, 11) is 3.43. The molecule has 3 heteroatoms. The normalized spacial score (nSPS) is 15.6. The van der Waals surface area contributed by atoms with E-state index in [1.54, 1.807) is 19.1 Å². The van der Waals surface area contributed by atoms with Crippen LogP contribution in [0.2, 0.25) is 0 Å². The standard InChI is InChI=1S/C17H15NO2/c1-18-16-9-4-3-8-14(16)15(17(18)19)11-12-6-5-7-13(10-12)20-2/h3-11H,1-2H3/b15-11+.